The Labute approximate surface area is 152 Å². The molecule has 140 valence electrons. The van der Waals surface area contributed by atoms with Crippen LogP contribution in [-0.4, -0.2) is 60.1 Å². The molecule has 2 aliphatic rings. The van der Waals surface area contributed by atoms with Gasteiger partial charge in [0.1, 0.15) is 0 Å². The van der Waals surface area contributed by atoms with Gasteiger partial charge in [-0.2, -0.15) is 0 Å². The number of hydrogen-bond acceptors (Lipinski definition) is 4. The minimum Gasteiger partial charge on any atom is -0.481 e. The van der Waals surface area contributed by atoms with E-state index in [-0.39, 0.29) is 30.9 Å². The molecule has 7 heteroatoms. The maximum atomic E-state index is 13.0. The summed E-state index contributed by atoms with van der Waals surface area (Å²) in [6.45, 7) is 1.87. The summed E-state index contributed by atoms with van der Waals surface area (Å²) < 4.78 is 5.60. The third kappa shape index (κ3) is 4.40. The van der Waals surface area contributed by atoms with E-state index in [9.17, 15) is 14.4 Å². The molecule has 0 aliphatic carbocycles. The summed E-state index contributed by atoms with van der Waals surface area (Å²) >= 11 is 0. The molecule has 2 heterocycles. The molecule has 0 bridgehead atoms. The second kappa shape index (κ2) is 8.31. The number of anilines is 1. The van der Waals surface area contributed by atoms with E-state index in [2.05, 4.69) is 0 Å². The van der Waals surface area contributed by atoms with Crippen LogP contribution in [-0.2, 0) is 14.3 Å². The Morgan fingerprint density at radius 2 is 2.15 bits per heavy atom. The number of carbonyl (C=O) groups excluding carboxylic acids is 2. The van der Waals surface area contributed by atoms with Gasteiger partial charge >= 0.3 is 5.97 Å². The van der Waals surface area contributed by atoms with Crippen LogP contribution >= 0.6 is 0 Å². The van der Waals surface area contributed by atoms with Crippen molar-refractivity contribution in [2.45, 2.75) is 38.2 Å². The number of nitrogens with zero attached hydrogens (tertiary/aromatic N) is 2. The van der Waals surface area contributed by atoms with Crippen molar-refractivity contribution in [3.8, 4) is 0 Å². The van der Waals surface area contributed by atoms with Gasteiger partial charge < -0.3 is 19.6 Å². The van der Waals surface area contributed by atoms with E-state index in [1.807, 2.05) is 6.07 Å². The molecule has 3 rings (SSSR count). The number of amides is 2. The highest BCUT2D eigenvalue weighted by Crippen LogP contribution is 2.23. The van der Waals surface area contributed by atoms with Gasteiger partial charge in [0.2, 0.25) is 5.91 Å². The fraction of sp³-hybridized carbons (Fsp3) is 0.526. The van der Waals surface area contributed by atoms with E-state index in [0.29, 0.717) is 37.4 Å². The molecule has 1 N–H and O–H groups in total. The van der Waals surface area contributed by atoms with Gasteiger partial charge in [-0.15, -0.1) is 0 Å². The quantitative estimate of drug-likeness (QED) is 0.803. The highest BCUT2D eigenvalue weighted by atomic mass is 16.5. The number of hydrogen-bond donors (Lipinski definition) is 1. The first-order valence-electron chi connectivity index (χ1n) is 9.07. The highest BCUT2D eigenvalue weighted by molar-refractivity contribution is 5.99. The molecule has 0 aromatic heterocycles. The van der Waals surface area contributed by atoms with Crippen LogP contribution < -0.4 is 4.90 Å². The Morgan fingerprint density at radius 1 is 1.31 bits per heavy atom. The number of carboxylic acid groups (broad SMARTS) is 1. The van der Waals surface area contributed by atoms with E-state index in [1.165, 1.54) is 0 Å². The van der Waals surface area contributed by atoms with Crippen LogP contribution in [0.3, 0.4) is 0 Å². The molecule has 1 unspecified atom stereocenters. The predicted octanol–water partition coefficient (Wildman–Crippen LogP) is 1.91. The molecule has 7 nitrogen and oxygen atoms in total. The number of rotatable bonds is 7. The Bertz CT molecular complexity index is 684. The fourth-order valence-electron chi connectivity index (χ4n) is 3.45. The zero-order chi connectivity index (χ0) is 18.5. The van der Waals surface area contributed by atoms with Crippen molar-refractivity contribution in [2.75, 3.05) is 31.1 Å². The molecule has 2 saturated heterocycles. The topological polar surface area (TPSA) is 87.2 Å². The molecular weight excluding hydrogens is 336 g/mol. The Balaban J connectivity index is 1.76. The zero-order valence-electron chi connectivity index (χ0n) is 14.7. The molecule has 1 aromatic carbocycles. The third-order valence-corrected chi connectivity index (χ3v) is 4.81. The lowest BCUT2D eigenvalue weighted by atomic mass is 10.1. The van der Waals surface area contributed by atoms with Crippen molar-refractivity contribution in [3.63, 3.8) is 0 Å². The molecule has 1 aromatic rings. The number of ether oxygens (including phenoxy) is 1. The minimum atomic E-state index is -0.938. The van der Waals surface area contributed by atoms with Gasteiger partial charge in [0.05, 0.1) is 12.5 Å². The van der Waals surface area contributed by atoms with Crippen molar-refractivity contribution < 1.29 is 24.2 Å². The smallest absolute Gasteiger partial charge is 0.305 e. The van der Waals surface area contributed by atoms with Crippen LogP contribution in [0.4, 0.5) is 5.69 Å². The van der Waals surface area contributed by atoms with Crippen molar-refractivity contribution in [2.24, 2.45) is 0 Å². The first-order valence-corrected chi connectivity index (χ1v) is 9.07. The number of aliphatic carboxylic acids is 1. The lowest BCUT2D eigenvalue weighted by molar-refractivity contribution is -0.137. The van der Waals surface area contributed by atoms with Gasteiger partial charge in [-0.3, -0.25) is 14.4 Å². The van der Waals surface area contributed by atoms with E-state index in [1.54, 1.807) is 28.0 Å². The average molecular weight is 360 g/mol. The van der Waals surface area contributed by atoms with Crippen molar-refractivity contribution in [3.05, 3.63) is 29.8 Å². The van der Waals surface area contributed by atoms with Gasteiger partial charge in [-0.25, -0.2) is 0 Å². The third-order valence-electron chi connectivity index (χ3n) is 4.81. The van der Waals surface area contributed by atoms with Crippen LogP contribution in [0.1, 0.15) is 42.5 Å². The molecule has 2 aliphatic heterocycles. The number of carbonyl (C=O) groups is 3. The van der Waals surface area contributed by atoms with Gasteiger partial charge in [0, 0.05) is 43.9 Å². The molecule has 0 radical (unpaired) electrons. The highest BCUT2D eigenvalue weighted by Gasteiger charge is 2.26. The first kappa shape index (κ1) is 18.4. The summed E-state index contributed by atoms with van der Waals surface area (Å²) in [4.78, 5) is 39.1. The molecule has 26 heavy (non-hydrogen) atoms. The largest absolute Gasteiger partial charge is 0.481 e. The van der Waals surface area contributed by atoms with Crippen LogP contribution in [0.25, 0.3) is 0 Å². The van der Waals surface area contributed by atoms with E-state index >= 15 is 0 Å². The Hall–Kier alpha value is -2.41. The standard InChI is InChI=1S/C19H24N2O5/c22-17-7-2-9-21(17)15-5-1-4-14(12-15)19(25)20(10-8-18(23)24)13-16-6-3-11-26-16/h1,4-5,12,16H,2-3,6-11,13H2,(H,23,24). The van der Waals surface area contributed by atoms with Gasteiger partial charge in [-0.05, 0) is 37.5 Å². The van der Waals surface area contributed by atoms with Crippen LogP contribution in [0.2, 0.25) is 0 Å². The lowest BCUT2D eigenvalue weighted by Crippen LogP contribution is -2.39. The monoisotopic (exact) mass is 360 g/mol. The molecule has 0 spiro atoms. The molecule has 2 amide bonds. The summed E-state index contributed by atoms with van der Waals surface area (Å²) in [7, 11) is 0. The van der Waals surface area contributed by atoms with Crippen LogP contribution in [0.5, 0.6) is 0 Å². The van der Waals surface area contributed by atoms with Crippen molar-refractivity contribution in [1.29, 1.82) is 0 Å². The number of carboxylic acids is 1. The van der Waals surface area contributed by atoms with Crippen LogP contribution in [0, 0.1) is 0 Å². The zero-order valence-corrected chi connectivity index (χ0v) is 14.7. The van der Waals surface area contributed by atoms with E-state index in [0.717, 1.165) is 19.3 Å². The molecular formula is C19H24N2O5. The SMILES string of the molecule is O=C(O)CCN(CC1CCCO1)C(=O)c1cccc(N2CCCC2=O)c1. The van der Waals surface area contributed by atoms with Gasteiger partial charge in [0.15, 0.2) is 0 Å². The Kier molecular flexibility index (Phi) is 5.88. The number of benzene rings is 1. The van der Waals surface area contributed by atoms with Crippen LogP contribution in [0.15, 0.2) is 24.3 Å². The predicted molar refractivity (Wildman–Crippen MR) is 95.2 cm³/mol. The van der Waals surface area contributed by atoms with Crippen molar-refractivity contribution in [1.82, 2.24) is 4.90 Å². The van der Waals surface area contributed by atoms with Gasteiger partial charge in [0.25, 0.3) is 5.91 Å². The summed E-state index contributed by atoms with van der Waals surface area (Å²) in [5.41, 5.74) is 1.18. The maximum Gasteiger partial charge on any atom is 0.305 e. The lowest BCUT2D eigenvalue weighted by Gasteiger charge is -2.25. The van der Waals surface area contributed by atoms with Crippen molar-refractivity contribution >= 4 is 23.5 Å². The minimum absolute atomic E-state index is 0.0453. The average Bonchev–Trinajstić information content (AvgIpc) is 3.29. The molecule has 2 fully saturated rings. The Morgan fingerprint density at radius 3 is 2.81 bits per heavy atom. The maximum absolute atomic E-state index is 13.0. The van der Waals surface area contributed by atoms with Gasteiger partial charge in [-0.1, -0.05) is 6.07 Å². The second-order valence-electron chi connectivity index (χ2n) is 6.73. The van der Waals surface area contributed by atoms with E-state index in [4.69, 9.17) is 9.84 Å². The summed E-state index contributed by atoms with van der Waals surface area (Å²) in [6.07, 6.45) is 3.03. The summed E-state index contributed by atoms with van der Waals surface area (Å²) in [6, 6.07) is 7.00. The normalized spacial score (nSPS) is 19.8. The fourth-order valence-corrected chi connectivity index (χ4v) is 3.45. The van der Waals surface area contributed by atoms with E-state index < -0.39 is 5.97 Å². The molecule has 0 saturated carbocycles. The summed E-state index contributed by atoms with van der Waals surface area (Å²) in [5, 5.41) is 8.98. The molecule has 1 atom stereocenters. The first-order chi connectivity index (χ1) is 12.5. The second-order valence-corrected chi connectivity index (χ2v) is 6.73. The summed E-state index contributed by atoms with van der Waals surface area (Å²) in [5.74, 6) is -1.10.